The number of nitrogens with zero attached hydrogens (tertiary/aromatic N) is 2. The summed E-state index contributed by atoms with van der Waals surface area (Å²) in [6.45, 7) is 4.90. The first-order valence-corrected chi connectivity index (χ1v) is 9.14. The number of aliphatic hydroxyl groups excluding tert-OH is 1. The molecule has 2 aromatic carbocycles. The van der Waals surface area contributed by atoms with Crippen LogP contribution in [-0.4, -0.2) is 41.8 Å². The molecule has 0 radical (unpaired) electrons. The molecule has 0 heterocycles. The normalized spacial score (nSPS) is 13.0. The molecule has 9 heteroatoms. The highest BCUT2D eigenvalue weighted by atomic mass is 127. The second kappa shape index (κ2) is 12.9. The van der Waals surface area contributed by atoms with Crippen molar-refractivity contribution in [2.24, 2.45) is 4.99 Å². The molecular weight excluding hydrogens is 487 g/mol. The summed E-state index contributed by atoms with van der Waals surface area (Å²) in [5.41, 5.74) is 1.13. The van der Waals surface area contributed by atoms with Crippen molar-refractivity contribution in [2.75, 3.05) is 19.7 Å². The smallest absolute Gasteiger partial charge is 0.269 e. The molecule has 0 spiro atoms. The number of rotatable bonds is 9. The van der Waals surface area contributed by atoms with Crippen LogP contribution in [0.4, 0.5) is 5.69 Å². The van der Waals surface area contributed by atoms with E-state index in [4.69, 9.17) is 4.74 Å². The SMILES string of the molecule is CCNC(=NCC(O)COc1ccc([N+](=O)[O-])cc1)NC(C)c1ccccc1.I. The Balaban J connectivity index is 0.00000420. The van der Waals surface area contributed by atoms with Gasteiger partial charge in [-0.1, -0.05) is 30.3 Å². The number of nitro groups is 1. The maximum absolute atomic E-state index is 10.6. The van der Waals surface area contributed by atoms with Crippen LogP contribution >= 0.6 is 24.0 Å². The molecule has 0 fully saturated rings. The van der Waals surface area contributed by atoms with Crippen LogP contribution in [0.15, 0.2) is 59.6 Å². The lowest BCUT2D eigenvalue weighted by molar-refractivity contribution is -0.384. The average molecular weight is 514 g/mol. The third-order valence-corrected chi connectivity index (χ3v) is 3.95. The minimum Gasteiger partial charge on any atom is -0.491 e. The highest BCUT2D eigenvalue weighted by Crippen LogP contribution is 2.17. The van der Waals surface area contributed by atoms with Crippen molar-refractivity contribution in [1.82, 2.24) is 10.6 Å². The third kappa shape index (κ3) is 8.65. The molecule has 0 aromatic heterocycles. The van der Waals surface area contributed by atoms with Gasteiger partial charge in [0.1, 0.15) is 18.5 Å². The minimum absolute atomic E-state index is 0. The lowest BCUT2D eigenvalue weighted by Crippen LogP contribution is -2.39. The van der Waals surface area contributed by atoms with E-state index < -0.39 is 11.0 Å². The van der Waals surface area contributed by atoms with E-state index in [1.807, 2.05) is 44.2 Å². The zero-order chi connectivity index (χ0) is 20.4. The van der Waals surface area contributed by atoms with Gasteiger partial charge in [-0.15, -0.1) is 24.0 Å². The largest absolute Gasteiger partial charge is 0.491 e. The predicted octanol–water partition coefficient (Wildman–Crippen LogP) is 3.27. The Bertz CT molecular complexity index is 772. The summed E-state index contributed by atoms with van der Waals surface area (Å²) < 4.78 is 5.46. The first-order chi connectivity index (χ1) is 13.5. The maximum atomic E-state index is 10.6. The molecule has 2 unspecified atom stereocenters. The quantitative estimate of drug-likeness (QED) is 0.156. The van der Waals surface area contributed by atoms with E-state index in [2.05, 4.69) is 15.6 Å². The number of benzene rings is 2. The van der Waals surface area contributed by atoms with Gasteiger partial charge in [-0.05, 0) is 31.5 Å². The van der Waals surface area contributed by atoms with E-state index in [-0.39, 0.29) is 48.9 Å². The van der Waals surface area contributed by atoms with Crippen molar-refractivity contribution < 1.29 is 14.8 Å². The first-order valence-electron chi connectivity index (χ1n) is 9.14. The zero-order valence-electron chi connectivity index (χ0n) is 16.4. The molecule has 158 valence electrons. The van der Waals surface area contributed by atoms with E-state index >= 15 is 0 Å². The third-order valence-electron chi connectivity index (χ3n) is 3.95. The fraction of sp³-hybridized carbons (Fsp3) is 0.350. The van der Waals surface area contributed by atoms with E-state index in [0.717, 1.165) is 5.56 Å². The Morgan fingerprint density at radius 3 is 2.45 bits per heavy atom. The monoisotopic (exact) mass is 514 g/mol. The van der Waals surface area contributed by atoms with Gasteiger partial charge in [0, 0.05) is 18.7 Å². The molecular formula is C20H27IN4O4. The van der Waals surface area contributed by atoms with Gasteiger partial charge >= 0.3 is 0 Å². The molecule has 0 aliphatic rings. The van der Waals surface area contributed by atoms with E-state index in [1.165, 1.54) is 24.3 Å². The van der Waals surface area contributed by atoms with Crippen LogP contribution in [0.1, 0.15) is 25.5 Å². The summed E-state index contributed by atoms with van der Waals surface area (Å²) in [6, 6.07) is 15.8. The Morgan fingerprint density at radius 2 is 1.86 bits per heavy atom. The van der Waals surface area contributed by atoms with Crippen molar-refractivity contribution >= 4 is 35.6 Å². The summed E-state index contributed by atoms with van der Waals surface area (Å²) in [6.07, 6.45) is -0.808. The number of aliphatic imine (C=N–C) groups is 1. The molecule has 0 bridgehead atoms. The van der Waals surface area contributed by atoms with Crippen molar-refractivity contribution in [3.05, 3.63) is 70.3 Å². The molecule has 0 aliphatic heterocycles. The summed E-state index contributed by atoms with van der Waals surface area (Å²) >= 11 is 0. The number of nitro benzene ring substituents is 1. The Morgan fingerprint density at radius 1 is 1.21 bits per heavy atom. The average Bonchev–Trinajstić information content (AvgIpc) is 2.71. The molecule has 2 atom stereocenters. The maximum Gasteiger partial charge on any atom is 0.269 e. The van der Waals surface area contributed by atoms with E-state index in [1.54, 1.807) is 0 Å². The van der Waals surface area contributed by atoms with Crippen LogP contribution in [-0.2, 0) is 0 Å². The number of aliphatic hydroxyl groups is 1. The van der Waals surface area contributed by atoms with Crippen molar-refractivity contribution in [1.29, 1.82) is 0 Å². The van der Waals surface area contributed by atoms with Crippen LogP contribution < -0.4 is 15.4 Å². The van der Waals surface area contributed by atoms with Gasteiger partial charge < -0.3 is 20.5 Å². The summed E-state index contributed by atoms with van der Waals surface area (Å²) in [5, 5.41) is 27.2. The Hall–Kier alpha value is -2.40. The summed E-state index contributed by atoms with van der Waals surface area (Å²) in [7, 11) is 0. The molecule has 0 saturated heterocycles. The van der Waals surface area contributed by atoms with Gasteiger partial charge in [-0.25, -0.2) is 0 Å². The number of halogens is 1. The van der Waals surface area contributed by atoms with Gasteiger partial charge in [0.2, 0.25) is 0 Å². The van der Waals surface area contributed by atoms with Gasteiger partial charge in [0.15, 0.2) is 5.96 Å². The number of hydrogen-bond donors (Lipinski definition) is 3. The van der Waals surface area contributed by atoms with Gasteiger partial charge in [0.25, 0.3) is 5.69 Å². The number of ether oxygens (including phenoxy) is 1. The number of hydrogen-bond acceptors (Lipinski definition) is 5. The minimum atomic E-state index is -0.808. The van der Waals surface area contributed by atoms with Crippen molar-refractivity contribution in [3.8, 4) is 5.75 Å². The van der Waals surface area contributed by atoms with Gasteiger partial charge in [-0.3, -0.25) is 15.1 Å². The molecule has 0 saturated carbocycles. The van der Waals surface area contributed by atoms with Crippen molar-refractivity contribution in [2.45, 2.75) is 26.0 Å². The predicted molar refractivity (Wildman–Crippen MR) is 124 cm³/mol. The van der Waals surface area contributed by atoms with Crippen LogP contribution in [0.5, 0.6) is 5.75 Å². The second-order valence-electron chi connectivity index (χ2n) is 6.21. The van der Waals surface area contributed by atoms with Crippen LogP contribution in [0.25, 0.3) is 0 Å². The zero-order valence-corrected chi connectivity index (χ0v) is 18.8. The van der Waals surface area contributed by atoms with Gasteiger partial charge in [-0.2, -0.15) is 0 Å². The second-order valence-corrected chi connectivity index (χ2v) is 6.21. The molecule has 8 nitrogen and oxygen atoms in total. The lowest BCUT2D eigenvalue weighted by Gasteiger charge is -2.19. The fourth-order valence-corrected chi connectivity index (χ4v) is 2.46. The number of non-ortho nitro benzene ring substituents is 1. The molecule has 0 aliphatic carbocycles. The summed E-state index contributed by atoms with van der Waals surface area (Å²) in [5.74, 6) is 1.06. The highest BCUT2D eigenvalue weighted by molar-refractivity contribution is 14.0. The first kappa shape index (κ1) is 24.6. The standard InChI is InChI=1S/C20H26N4O4.HI/c1-3-21-20(23-15(2)16-7-5-4-6-8-16)22-13-18(25)14-28-19-11-9-17(10-12-19)24(26)27;/h4-12,15,18,25H,3,13-14H2,1-2H3,(H2,21,22,23);1H. The molecule has 29 heavy (non-hydrogen) atoms. The number of nitrogens with one attached hydrogen (secondary N) is 2. The molecule has 2 aromatic rings. The van der Waals surface area contributed by atoms with Gasteiger partial charge in [0.05, 0.1) is 17.5 Å². The molecule has 3 N–H and O–H groups in total. The summed E-state index contributed by atoms with van der Waals surface area (Å²) in [4.78, 5) is 14.6. The molecule has 2 rings (SSSR count). The Labute approximate surface area is 187 Å². The topological polar surface area (TPSA) is 109 Å². The van der Waals surface area contributed by atoms with Crippen LogP contribution in [0, 0.1) is 10.1 Å². The van der Waals surface area contributed by atoms with Crippen LogP contribution in [0.2, 0.25) is 0 Å². The molecule has 0 amide bonds. The van der Waals surface area contributed by atoms with Crippen LogP contribution in [0.3, 0.4) is 0 Å². The number of guanidine groups is 1. The Kier molecular flexibility index (Phi) is 11.0. The lowest BCUT2D eigenvalue weighted by atomic mass is 10.1. The van der Waals surface area contributed by atoms with E-state index in [0.29, 0.717) is 18.3 Å². The van der Waals surface area contributed by atoms with E-state index in [9.17, 15) is 15.2 Å². The fourth-order valence-electron chi connectivity index (χ4n) is 2.46. The highest BCUT2D eigenvalue weighted by Gasteiger charge is 2.10. The van der Waals surface area contributed by atoms with Crippen molar-refractivity contribution in [3.63, 3.8) is 0 Å².